The number of nitrogens with one attached hydrogen (secondary N) is 1. The number of thiophene rings is 1. The minimum absolute atomic E-state index is 0.136. The van der Waals surface area contributed by atoms with Crippen molar-refractivity contribution < 1.29 is 14.0 Å². The predicted molar refractivity (Wildman–Crippen MR) is 173 cm³/mol. The molecule has 0 aliphatic rings. The van der Waals surface area contributed by atoms with Crippen molar-refractivity contribution in [2.75, 3.05) is 5.32 Å². The van der Waals surface area contributed by atoms with E-state index in [9.17, 15) is 19.2 Å². The number of nitrogens with zero attached hydrogens (tertiary/aromatic N) is 2. The molecule has 1 atom stereocenters. The summed E-state index contributed by atoms with van der Waals surface area (Å²) in [4.78, 5) is 31.4. The number of ketones is 1. The lowest BCUT2D eigenvalue weighted by Gasteiger charge is -2.16. The van der Waals surface area contributed by atoms with E-state index >= 15 is 0 Å². The van der Waals surface area contributed by atoms with E-state index in [-0.39, 0.29) is 23.1 Å². The monoisotopic (exact) mass is 623 g/mol. The van der Waals surface area contributed by atoms with Crippen LogP contribution in [0.1, 0.15) is 27.7 Å². The van der Waals surface area contributed by atoms with Gasteiger partial charge >= 0.3 is 0 Å². The molecule has 0 spiro atoms. The summed E-state index contributed by atoms with van der Waals surface area (Å²) in [6.07, 6.45) is 3.30. The summed E-state index contributed by atoms with van der Waals surface area (Å²) in [7, 11) is 0. The molecule has 0 saturated heterocycles. The van der Waals surface area contributed by atoms with Gasteiger partial charge in [-0.05, 0) is 90.7 Å². The van der Waals surface area contributed by atoms with Gasteiger partial charge in [0.05, 0.1) is 16.5 Å². The zero-order valence-corrected chi connectivity index (χ0v) is 25.1. The number of allylic oxidation sites excluding steroid dienone is 1. The fourth-order valence-electron chi connectivity index (χ4n) is 4.16. The van der Waals surface area contributed by atoms with Crippen molar-refractivity contribution in [1.82, 2.24) is 4.98 Å². The lowest BCUT2D eigenvalue weighted by atomic mass is 9.99. The van der Waals surface area contributed by atoms with Crippen molar-refractivity contribution in [3.05, 3.63) is 129 Å². The first-order valence-electron chi connectivity index (χ1n) is 13.1. The van der Waals surface area contributed by atoms with Crippen LogP contribution in [0.3, 0.4) is 0 Å². The number of halogens is 2. The molecule has 43 heavy (non-hydrogen) atoms. The molecule has 0 radical (unpaired) electrons. The SMILES string of the molecule is C[C@@H](Sc1nc(-c2ccc(Cl)cc2)cc(-c2ccc(F)cc2)c1C#N)C(=O)Nc1ccc(C(=O)/C=C/c2cccs2)cc1. The lowest BCUT2D eigenvalue weighted by Crippen LogP contribution is -2.22. The van der Waals surface area contributed by atoms with Crippen LogP contribution in [0.4, 0.5) is 10.1 Å². The number of thioether (sulfide) groups is 1. The summed E-state index contributed by atoms with van der Waals surface area (Å²) < 4.78 is 13.7. The van der Waals surface area contributed by atoms with Crippen molar-refractivity contribution in [3.8, 4) is 28.5 Å². The quantitative estimate of drug-likeness (QED) is 0.101. The Bertz CT molecular complexity index is 1830. The average Bonchev–Trinajstić information content (AvgIpc) is 3.54. The Morgan fingerprint density at radius 2 is 1.72 bits per heavy atom. The highest BCUT2D eigenvalue weighted by Crippen LogP contribution is 2.36. The van der Waals surface area contributed by atoms with E-state index in [1.165, 1.54) is 18.2 Å². The highest BCUT2D eigenvalue weighted by atomic mass is 35.5. The molecule has 1 N–H and O–H groups in total. The fraction of sp³-hybridized carbons (Fsp3) is 0.0588. The summed E-state index contributed by atoms with van der Waals surface area (Å²) >= 11 is 8.78. The molecule has 0 bridgehead atoms. The van der Waals surface area contributed by atoms with Gasteiger partial charge in [0.1, 0.15) is 16.9 Å². The second-order valence-corrected chi connectivity index (χ2v) is 12.1. The molecule has 2 aromatic heterocycles. The first kappa shape index (κ1) is 29.9. The first-order valence-corrected chi connectivity index (χ1v) is 15.2. The van der Waals surface area contributed by atoms with E-state index in [4.69, 9.17) is 16.6 Å². The molecule has 5 rings (SSSR count). The van der Waals surface area contributed by atoms with Gasteiger partial charge in [-0.3, -0.25) is 9.59 Å². The number of hydrogen-bond acceptors (Lipinski definition) is 6. The second kappa shape index (κ2) is 13.6. The molecule has 5 aromatic rings. The molecule has 1 amide bonds. The Morgan fingerprint density at radius 1 is 1.02 bits per heavy atom. The molecule has 0 aliphatic heterocycles. The number of benzene rings is 3. The van der Waals surface area contributed by atoms with Gasteiger partial charge in [0.2, 0.25) is 5.91 Å². The minimum Gasteiger partial charge on any atom is -0.325 e. The molecule has 3 aromatic carbocycles. The van der Waals surface area contributed by atoms with Crippen LogP contribution in [-0.2, 0) is 4.79 Å². The fourth-order valence-corrected chi connectivity index (χ4v) is 5.83. The maximum atomic E-state index is 13.7. The lowest BCUT2D eigenvalue weighted by molar-refractivity contribution is -0.115. The number of amides is 1. The summed E-state index contributed by atoms with van der Waals surface area (Å²) in [6.45, 7) is 1.72. The molecular weight excluding hydrogens is 601 g/mol. The van der Waals surface area contributed by atoms with Crippen LogP contribution in [0.25, 0.3) is 28.5 Å². The molecular formula is C34H23ClFN3O2S2. The summed E-state index contributed by atoms with van der Waals surface area (Å²) in [6, 6.07) is 27.5. The molecule has 0 aliphatic carbocycles. The van der Waals surface area contributed by atoms with Crippen LogP contribution in [-0.4, -0.2) is 21.9 Å². The van der Waals surface area contributed by atoms with Crippen LogP contribution in [0.2, 0.25) is 5.02 Å². The van der Waals surface area contributed by atoms with Crippen LogP contribution in [0, 0.1) is 17.1 Å². The van der Waals surface area contributed by atoms with Crippen LogP contribution in [0.5, 0.6) is 0 Å². The largest absolute Gasteiger partial charge is 0.325 e. The Hall–Kier alpha value is -4.55. The van der Waals surface area contributed by atoms with Gasteiger partial charge in [-0.15, -0.1) is 11.3 Å². The predicted octanol–water partition coefficient (Wildman–Crippen LogP) is 9.16. The van der Waals surface area contributed by atoms with Crippen molar-refractivity contribution in [3.63, 3.8) is 0 Å². The number of pyridine rings is 1. The molecule has 212 valence electrons. The second-order valence-electron chi connectivity index (χ2n) is 9.40. The minimum atomic E-state index is -0.629. The van der Waals surface area contributed by atoms with Crippen molar-refractivity contribution in [2.24, 2.45) is 0 Å². The zero-order valence-electron chi connectivity index (χ0n) is 22.8. The molecule has 0 saturated carbocycles. The third-order valence-corrected chi connectivity index (χ3v) is 8.61. The normalized spacial score (nSPS) is 11.7. The van der Waals surface area contributed by atoms with Crippen LogP contribution >= 0.6 is 34.7 Å². The topological polar surface area (TPSA) is 82.8 Å². The van der Waals surface area contributed by atoms with E-state index < -0.39 is 5.25 Å². The van der Waals surface area contributed by atoms with Gasteiger partial charge < -0.3 is 5.32 Å². The number of carbonyl (C=O) groups excluding carboxylic acids is 2. The van der Waals surface area contributed by atoms with E-state index in [0.29, 0.717) is 38.1 Å². The average molecular weight is 624 g/mol. The van der Waals surface area contributed by atoms with Gasteiger partial charge in [-0.2, -0.15) is 5.26 Å². The Balaban J connectivity index is 1.37. The third-order valence-electron chi connectivity index (χ3n) is 6.43. The van der Waals surface area contributed by atoms with Crippen molar-refractivity contribution in [2.45, 2.75) is 17.2 Å². The zero-order chi connectivity index (χ0) is 30.3. The van der Waals surface area contributed by atoms with Gasteiger partial charge in [-0.1, -0.05) is 53.7 Å². The smallest absolute Gasteiger partial charge is 0.237 e. The summed E-state index contributed by atoms with van der Waals surface area (Å²) in [5.41, 5.74) is 3.90. The molecule has 0 fully saturated rings. The van der Waals surface area contributed by atoms with E-state index in [1.807, 2.05) is 29.6 Å². The molecule has 0 unspecified atom stereocenters. The van der Waals surface area contributed by atoms with Crippen LogP contribution < -0.4 is 5.32 Å². The highest BCUT2D eigenvalue weighted by Gasteiger charge is 2.22. The number of nitriles is 1. The maximum absolute atomic E-state index is 13.7. The van der Waals surface area contributed by atoms with Gasteiger partial charge in [0.25, 0.3) is 0 Å². The van der Waals surface area contributed by atoms with Crippen molar-refractivity contribution in [1.29, 1.82) is 5.26 Å². The molecule has 9 heteroatoms. The first-order chi connectivity index (χ1) is 20.8. The standard InChI is InChI=1S/C34H23ClFN3O2S2/c1-21(33(41)38-27-14-8-24(9-15-27)32(40)17-16-28-3-2-18-42-28)43-34-30(20-37)29(22-6-12-26(36)13-7-22)19-31(39-34)23-4-10-25(35)11-5-23/h2-19,21H,1H3,(H,38,41)/b17-16+/t21-/m1/s1. The number of anilines is 1. The number of hydrogen-bond donors (Lipinski definition) is 1. The van der Waals surface area contributed by atoms with Gasteiger partial charge in [0.15, 0.2) is 5.78 Å². The van der Waals surface area contributed by atoms with E-state index in [0.717, 1.165) is 22.2 Å². The summed E-state index contributed by atoms with van der Waals surface area (Å²) in [5, 5.41) is 15.3. The number of carbonyl (C=O) groups is 2. The van der Waals surface area contributed by atoms with Gasteiger partial charge in [0, 0.05) is 32.3 Å². The molecule has 2 heterocycles. The highest BCUT2D eigenvalue weighted by molar-refractivity contribution is 8.00. The van der Waals surface area contributed by atoms with Gasteiger partial charge in [-0.25, -0.2) is 9.37 Å². The Morgan fingerprint density at radius 3 is 2.37 bits per heavy atom. The maximum Gasteiger partial charge on any atom is 0.237 e. The number of aromatic nitrogens is 1. The van der Waals surface area contributed by atoms with Crippen molar-refractivity contribution >= 4 is 58.2 Å². The summed E-state index contributed by atoms with van der Waals surface area (Å²) in [5.74, 6) is -0.822. The Labute approximate surface area is 261 Å². The molecule has 5 nitrogen and oxygen atoms in total. The van der Waals surface area contributed by atoms with Crippen LogP contribution in [0.15, 0.2) is 107 Å². The van der Waals surface area contributed by atoms with E-state index in [2.05, 4.69) is 11.4 Å². The van der Waals surface area contributed by atoms with E-state index in [1.54, 1.807) is 78.9 Å². The third kappa shape index (κ3) is 7.46. The number of rotatable bonds is 9. The Kier molecular flexibility index (Phi) is 9.48.